The van der Waals surface area contributed by atoms with Gasteiger partial charge in [0.1, 0.15) is 0 Å². The zero-order valence-corrected chi connectivity index (χ0v) is 19.4. The molecule has 2 rings (SSSR count). The summed E-state index contributed by atoms with van der Waals surface area (Å²) >= 11 is 0. The Balaban J connectivity index is 2.94. The van der Waals surface area contributed by atoms with Crippen molar-refractivity contribution in [2.45, 2.75) is 95.9 Å². The molecule has 0 radical (unpaired) electrons. The second-order valence-electron chi connectivity index (χ2n) is 10.9. The summed E-state index contributed by atoms with van der Waals surface area (Å²) in [6, 6.07) is 0. The van der Waals surface area contributed by atoms with Crippen LogP contribution in [0.25, 0.3) is 10.8 Å². The van der Waals surface area contributed by atoms with Gasteiger partial charge in [-0.1, -0.05) is 41.5 Å². The van der Waals surface area contributed by atoms with Gasteiger partial charge in [0.05, 0.1) is 0 Å². The first kappa shape index (κ1) is 21.0. The van der Waals surface area contributed by atoms with E-state index in [-0.39, 0.29) is 0 Å². The first-order valence-corrected chi connectivity index (χ1v) is 10.2. The van der Waals surface area contributed by atoms with Crippen LogP contribution in [0.3, 0.4) is 0 Å². The lowest BCUT2D eigenvalue weighted by atomic mass is 9.76. The smallest absolute Gasteiger partial charge is 0.0114 e. The molecule has 144 valence electrons. The van der Waals surface area contributed by atoms with Crippen LogP contribution in [0.1, 0.15) is 86.1 Å². The van der Waals surface area contributed by atoms with Crippen molar-refractivity contribution >= 4 is 10.8 Å². The van der Waals surface area contributed by atoms with E-state index >= 15 is 0 Å². The third kappa shape index (κ3) is 3.85. The van der Waals surface area contributed by atoms with Crippen LogP contribution in [-0.4, -0.2) is 0 Å². The minimum atomic E-state index is 0.305. The van der Waals surface area contributed by atoms with E-state index < -0.39 is 0 Å². The highest BCUT2D eigenvalue weighted by molar-refractivity contribution is 5.97. The van der Waals surface area contributed by atoms with Gasteiger partial charge in [0.25, 0.3) is 0 Å². The normalized spacial score (nSPS) is 12.9. The molecule has 26 heavy (non-hydrogen) atoms. The Bertz CT molecular complexity index is 776. The summed E-state index contributed by atoms with van der Waals surface area (Å²) in [5, 5.41) is 3.03. The Hall–Kier alpha value is -1.30. The first-order chi connectivity index (χ1) is 11.7. The molecule has 0 saturated carbocycles. The fraction of sp³-hybridized carbons (Fsp3) is 0.615. The van der Waals surface area contributed by atoms with Gasteiger partial charge in [0.2, 0.25) is 0 Å². The van der Waals surface area contributed by atoms with Crippen LogP contribution in [0.4, 0.5) is 0 Å². The summed E-state index contributed by atoms with van der Waals surface area (Å²) in [4.78, 5) is 0. The Labute approximate surface area is 162 Å². The number of fused-ring (bicyclic) bond motifs is 1. The number of hydrogen-bond donors (Lipinski definition) is 0. The molecule has 2 aromatic carbocycles. The second kappa shape index (κ2) is 6.70. The largest absolute Gasteiger partial charge is 0.0599 e. The highest BCUT2D eigenvalue weighted by Crippen LogP contribution is 2.40. The van der Waals surface area contributed by atoms with Gasteiger partial charge in [-0.3, -0.25) is 0 Å². The van der Waals surface area contributed by atoms with Crippen molar-refractivity contribution in [1.29, 1.82) is 0 Å². The molecule has 0 nitrogen and oxygen atoms in total. The summed E-state index contributed by atoms with van der Waals surface area (Å²) in [5.41, 5.74) is 12.7. The molecule has 2 aromatic rings. The summed E-state index contributed by atoms with van der Waals surface area (Å²) in [7, 11) is 0. The maximum absolute atomic E-state index is 2.35. The zero-order valence-electron chi connectivity index (χ0n) is 19.4. The van der Waals surface area contributed by atoms with E-state index in [9.17, 15) is 0 Å². The number of rotatable bonds is 2. The van der Waals surface area contributed by atoms with Crippen molar-refractivity contribution in [3.8, 4) is 0 Å². The Morgan fingerprint density at radius 3 is 0.923 bits per heavy atom. The van der Waals surface area contributed by atoms with Crippen molar-refractivity contribution < 1.29 is 0 Å². The van der Waals surface area contributed by atoms with Gasteiger partial charge in [0, 0.05) is 0 Å². The number of aryl methyl sites for hydroxylation is 4. The van der Waals surface area contributed by atoms with Crippen LogP contribution >= 0.6 is 0 Å². The first-order valence-electron chi connectivity index (χ1n) is 10.2. The standard InChI is InChI=1S/C26H40/c1-15-17(3)23-20(6)22(14-26(10,11)12)16(2)18(4)24(23)19(5)21(15)13-25(7,8)9/h13-14H2,1-12H3. The molecule has 0 aliphatic carbocycles. The monoisotopic (exact) mass is 352 g/mol. The van der Waals surface area contributed by atoms with E-state index in [4.69, 9.17) is 0 Å². The lowest BCUT2D eigenvalue weighted by Gasteiger charge is -2.28. The molecular formula is C26H40. The van der Waals surface area contributed by atoms with Crippen molar-refractivity contribution in [3.05, 3.63) is 44.5 Å². The van der Waals surface area contributed by atoms with Crippen molar-refractivity contribution in [3.63, 3.8) is 0 Å². The van der Waals surface area contributed by atoms with Crippen LogP contribution in [0.5, 0.6) is 0 Å². The third-order valence-corrected chi connectivity index (χ3v) is 6.10. The summed E-state index contributed by atoms with van der Waals surface area (Å²) in [6.07, 6.45) is 2.28. The van der Waals surface area contributed by atoms with Gasteiger partial charge >= 0.3 is 0 Å². The highest BCUT2D eigenvalue weighted by Gasteiger charge is 2.23. The lowest BCUT2D eigenvalue weighted by molar-refractivity contribution is 0.409. The SMILES string of the molecule is Cc1c(CC(C)(C)C)c(C)c2c(C)c(C)c(CC(C)(C)C)c(C)c2c1C. The molecule has 0 aliphatic rings. The average molecular weight is 353 g/mol. The molecule has 0 bridgehead atoms. The van der Waals surface area contributed by atoms with Crippen LogP contribution in [-0.2, 0) is 12.8 Å². The molecule has 0 heterocycles. The topological polar surface area (TPSA) is 0 Å². The van der Waals surface area contributed by atoms with E-state index in [2.05, 4.69) is 83.1 Å². The maximum atomic E-state index is 2.35. The lowest BCUT2D eigenvalue weighted by Crippen LogP contribution is -2.15. The van der Waals surface area contributed by atoms with E-state index in [1.54, 1.807) is 11.1 Å². The van der Waals surface area contributed by atoms with E-state index in [0.717, 1.165) is 12.8 Å². The van der Waals surface area contributed by atoms with E-state index in [1.807, 2.05) is 0 Å². The molecular weight excluding hydrogens is 312 g/mol. The molecule has 0 unspecified atom stereocenters. The van der Waals surface area contributed by atoms with Crippen LogP contribution < -0.4 is 0 Å². The second-order valence-corrected chi connectivity index (χ2v) is 10.9. The van der Waals surface area contributed by atoms with Gasteiger partial charge in [-0.25, -0.2) is 0 Å². The van der Waals surface area contributed by atoms with Crippen molar-refractivity contribution in [2.75, 3.05) is 0 Å². The fourth-order valence-corrected chi connectivity index (χ4v) is 4.60. The number of hydrogen-bond acceptors (Lipinski definition) is 0. The van der Waals surface area contributed by atoms with Crippen LogP contribution in [0.15, 0.2) is 0 Å². The number of benzene rings is 2. The van der Waals surface area contributed by atoms with Crippen molar-refractivity contribution in [2.24, 2.45) is 10.8 Å². The van der Waals surface area contributed by atoms with Gasteiger partial charge in [0.15, 0.2) is 0 Å². The maximum Gasteiger partial charge on any atom is -0.0114 e. The molecule has 0 spiro atoms. The molecule has 0 amide bonds. The van der Waals surface area contributed by atoms with Crippen LogP contribution in [0, 0.1) is 52.4 Å². The van der Waals surface area contributed by atoms with E-state index in [1.165, 1.54) is 44.2 Å². The zero-order chi connectivity index (χ0) is 20.2. The molecule has 0 aliphatic heterocycles. The fourth-order valence-electron chi connectivity index (χ4n) is 4.60. The predicted octanol–water partition coefficient (Wildman–Crippen LogP) is 7.87. The quantitative estimate of drug-likeness (QED) is 0.516. The summed E-state index contributed by atoms with van der Waals surface area (Å²) < 4.78 is 0. The van der Waals surface area contributed by atoms with Gasteiger partial charge in [-0.15, -0.1) is 0 Å². The Morgan fingerprint density at radius 2 is 0.692 bits per heavy atom. The van der Waals surface area contributed by atoms with Crippen LogP contribution in [0.2, 0.25) is 0 Å². The molecule has 0 N–H and O–H groups in total. The third-order valence-electron chi connectivity index (χ3n) is 6.10. The predicted molar refractivity (Wildman–Crippen MR) is 119 cm³/mol. The molecule has 0 fully saturated rings. The molecule has 0 atom stereocenters. The highest BCUT2D eigenvalue weighted by atomic mass is 14.3. The average Bonchev–Trinajstić information content (AvgIpc) is 2.47. The minimum absolute atomic E-state index is 0.305. The summed E-state index contributed by atoms with van der Waals surface area (Å²) in [6.45, 7) is 28.1. The van der Waals surface area contributed by atoms with E-state index in [0.29, 0.717) is 10.8 Å². The molecule has 0 heteroatoms. The van der Waals surface area contributed by atoms with Gasteiger partial charge in [-0.05, 0) is 120 Å². The summed E-state index contributed by atoms with van der Waals surface area (Å²) in [5.74, 6) is 0. The Morgan fingerprint density at radius 1 is 0.423 bits per heavy atom. The minimum Gasteiger partial charge on any atom is -0.0599 e. The van der Waals surface area contributed by atoms with Gasteiger partial charge < -0.3 is 0 Å². The molecule has 0 saturated heterocycles. The van der Waals surface area contributed by atoms with Gasteiger partial charge in [-0.2, -0.15) is 0 Å². The Kier molecular flexibility index (Phi) is 5.41. The molecule has 0 aromatic heterocycles. The van der Waals surface area contributed by atoms with Crippen molar-refractivity contribution in [1.82, 2.24) is 0 Å².